The van der Waals surface area contributed by atoms with Crippen molar-refractivity contribution in [3.8, 4) is 0 Å². The van der Waals surface area contributed by atoms with Gasteiger partial charge in [-0.25, -0.2) is 4.79 Å². The molecule has 0 aromatic heterocycles. The van der Waals surface area contributed by atoms with Gasteiger partial charge < -0.3 is 39.8 Å². The molecule has 0 saturated heterocycles. The van der Waals surface area contributed by atoms with Crippen LogP contribution in [-0.2, 0) is 43.0 Å². The molecule has 4 N–H and O–H groups in total. The van der Waals surface area contributed by atoms with Crippen molar-refractivity contribution in [2.24, 2.45) is 5.92 Å². The third-order valence-electron chi connectivity index (χ3n) is 8.05. The van der Waals surface area contributed by atoms with Gasteiger partial charge in [0.25, 0.3) is 0 Å². The molecular formula is C36H46N2O8. The highest BCUT2D eigenvalue weighted by molar-refractivity contribution is 5.80. The fourth-order valence-electron chi connectivity index (χ4n) is 5.66. The number of benzene rings is 3. The number of carbonyl (C=O) groups excluding carboxylic acids is 2. The van der Waals surface area contributed by atoms with Gasteiger partial charge in [0.2, 0.25) is 5.91 Å². The molecule has 3 aromatic carbocycles. The van der Waals surface area contributed by atoms with E-state index in [1.165, 1.54) is 0 Å². The highest BCUT2D eigenvalue weighted by atomic mass is 16.6. The van der Waals surface area contributed by atoms with Gasteiger partial charge in [0.05, 0.1) is 57.3 Å². The van der Waals surface area contributed by atoms with Crippen molar-refractivity contribution in [2.75, 3.05) is 46.8 Å². The molecule has 10 heteroatoms. The Hall–Kier alpha value is -3.80. The largest absolute Gasteiger partial charge is 0.447 e. The summed E-state index contributed by atoms with van der Waals surface area (Å²) in [5.74, 6) is -0.902. The Morgan fingerprint density at radius 1 is 0.804 bits per heavy atom. The second kappa shape index (κ2) is 19.0. The van der Waals surface area contributed by atoms with E-state index in [1.807, 2.05) is 84.9 Å². The maximum Gasteiger partial charge on any atom is 0.407 e. The number of hydrogen-bond acceptors (Lipinski definition) is 8. The van der Waals surface area contributed by atoms with E-state index >= 15 is 0 Å². The molecule has 2 amide bonds. The van der Waals surface area contributed by atoms with Crippen LogP contribution < -0.4 is 10.6 Å². The monoisotopic (exact) mass is 634 g/mol. The predicted octanol–water partition coefficient (Wildman–Crippen LogP) is 3.39. The SMILES string of the molecule is COCCOCCOCCOC(=O)NC(Cc1ccccc1)C(O)CC(Cc1ccccc1)C(=O)NC1c2ccccc2CC1O. The average Bonchev–Trinajstić information content (AvgIpc) is 3.38. The molecule has 5 unspecified atom stereocenters. The second-order valence-corrected chi connectivity index (χ2v) is 11.4. The van der Waals surface area contributed by atoms with Crippen LogP contribution >= 0.6 is 0 Å². The van der Waals surface area contributed by atoms with Gasteiger partial charge >= 0.3 is 6.09 Å². The topological polar surface area (TPSA) is 136 Å². The molecule has 0 fully saturated rings. The van der Waals surface area contributed by atoms with Crippen molar-refractivity contribution in [1.82, 2.24) is 10.6 Å². The first kappa shape index (κ1) is 35.1. The number of carbonyl (C=O) groups is 2. The maximum absolute atomic E-state index is 13.8. The molecule has 5 atom stereocenters. The van der Waals surface area contributed by atoms with Gasteiger partial charge in [0.1, 0.15) is 6.61 Å². The first-order valence-corrected chi connectivity index (χ1v) is 15.8. The zero-order valence-corrected chi connectivity index (χ0v) is 26.4. The Morgan fingerprint density at radius 3 is 2.07 bits per heavy atom. The fraction of sp³-hybridized carbons (Fsp3) is 0.444. The van der Waals surface area contributed by atoms with E-state index in [4.69, 9.17) is 18.9 Å². The van der Waals surface area contributed by atoms with Crippen LogP contribution in [0.5, 0.6) is 0 Å². The van der Waals surface area contributed by atoms with Gasteiger partial charge in [0, 0.05) is 19.4 Å². The molecule has 248 valence electrons. The smallest absolute Gasteiger partial charge is 0.407 e. The van der Waals surface area contributed by atoms with Gasteiger partial charge in [0.15, 0.2) is 0 Å². The fourth-order valence-corrected chi connectivity index (χ4v) is 5.66. The summed E-state index contributed by atoms with van der Waals surface area (Å²) in [5.41, 5.74) is 3.76. The van der Waals surface area contributed by atoms with Gasteiger partial charge in [-0.3, -0.25) is 4.79 Å². The van der Waals surface area contributed by atoms with Crippen molar-refractivity contribution >= 4 is 12.0 Å². The molecular weight excluding hydrogens is 588 g/mol. The molecule has 1 aliphatic carbocycles. The number of aliphatic hydroxyl groups excluding tert-OH is 2. The van der Waals surface area contributed by atoms with Crippen LogP contribution in [0.3, 0.4) is 0 Å². The molecule has 10 nitrogen and oxygen atoms in total. The predicted molar refractivity (Wildman–Crippen MR) is 173 cm³/mol. The molecule has 0 heterocycles. The molecule has 0 radical (unpaired) electrons. The minimum Gasteiger partial charge on any atom is -0.447 e. The molecule has 0 bridgehead atoms. The van der Waals surface area contributed by atoms with E-state index < -0.39 is 36.3 Å². The van der Waals surface area contributed by atoms with E-state index in [9.17, 15) is 19.8 Å². The number of fused-ring (bicyclic) bond motifs is 1. The number of rotatable bonds is 19. The Kier molecular flexibility index (Phi) is 14.5. The quantitative estimate of drug-likeness (QED) is 0.148. The van der Waals surface area contributed by atoms with E-state index in [1.54, 1.807) is 7.11 Å². The number of methoxy groups -OCH3 is 1. The normalized spacial score (nSPS) is 17.5. The summed E-state index contributed by atoms with van der Waals surface area (Å²) in [6.07, 6.45) is -1.24. The highest BCUT2D eigenvalue weighted by Crippen LogP contribution is 2.32. The van der Waals surface area contributed by atoms with Crippen LogP contribution in [0.15, 0.2) is 84.9 Å². The Morgan fingerprint density at radius 2 is 1.39 bits per heavy atom. The van der Waals surface area contributed by atoms with Gasteiger partial charge in [-0.1, -0.05) is 84.9 Å². The molecule has 3 aromatic rings. The van der Waals surface area contributed by atoms with Crippen molar-refractivity contribution in [3.05, 3.63) is 107 Å². The third-order valence-corrected chi connectivity index (χ3v) is 8.05. The molecule has 46 heavy (non-hydrogen) atoms. The number of aliphatic hydroxyl groups is 2. The van der Waals surface area contributed by atoms with Crippen LogP contribution in [0, 0.1) is 5.92 Å². The number of amides is 2. The summed E-state index contributed by atoms with van der Waals surface area (Å²) in [7, 11) is 1.61. The second-order valence-electron chi connectivity index (χ2n) is 11.4. The minimum atomic E-state index is -1.08. The summed E-state index contributed by atoms with van der Waals surface area (Å²) >= 11 is 0. The van der Waals surface area contributed by atoms with Crippen molar-refractivity contribution in [3.63, 3.8) is 0 Å². The van der Waals surface area contributed by atoms with Crippen LogP contribution in [0.2, 0.25) is 0 Å². The lowest BCUT2D eigenvalue weighted by molar-refractivity contribution is -0.127. The number of nitrogens with one attached hydrogen (secondary N) is 2. The molecule has 1 aliphatic rings. The third kappa shape index (κ3) is 11.2. The molecule has 4 rings (SSSR count). The highest BCUT2D eigenvalue weighted by Gasteiger charge is 2.35. The summed E-state index contributed by atoms with van der Waals surface area (Å²) in [5, 5.41) is 28.2. The van der Waals surface area contributed by atoms with Gasteiger partial charge in [-0.15, -0.1) is 0 Å². The lowest BCUT2D eigenvalue weighted by Crippen LogP contribution is -2.47. The van der Waals surface area contributed by atoms with Crippen LogP contribution in [0.25, 0.3) is 0 Å². The lowest BCUT2D eigenvalue weighted by Gasteiger charge is -2.28. The van der Waals surface area contributed by atoms with Crippen molar-refractivity contribution in [2.45, 2.75) is 50.0 Å². The number of alkyl carbamates (subject to hydrolysis) is 1. The van der Waals surface area contributed by atoms with Crippen molar-refractivity contribution in [1.29, 1.82) is 0 Å². The standard InChI is InChI=1S/C36H46N2O8/c1-43-16-17-44-18-19-45-20-21-46-36(42)37-31(23-27-12-6-3-7-13-27)32(39)25-29(22-26-10-4-2-5-11-26)35(41)38-34-30-15-9-8-14-28(30)24-33(34)40/h2-15,29,31-34,39-40H,16-25H2,1H3,(H,37,42)(H,38,41). The Bertz CT molecular complexity index is 1330. The van der Waals surface area contributed by atoms with E-state index in [2.05, 4.69) is 10.6 Å². The summed E-state index contributed by atoms with van der Waals surface area (Å²) in [6, 6.07) is 25.6. The van der Waals surface area contributed by atoms with E-state index in [-0.39, 0.29) is 25.5 Å². The van der Waals surface area contributed by atoms with Crippen LogP contribution in [0.1, 0.15) is 34.7 Å². The van der Waals surface area contributed by atoms with E-state index in [0.29, 0.717) is 45.7 Å². The van der Waals surface area contributed by atoms with Crippen LogP contribution in [-0.4, -0.2) is 87.2 Å². The number of hydrogen-bond donors (Lipinski definition) is 4. The molecule has 0 aliphatic heterocycles. The first-order chi connectivity index (χ1) is 22.4. The Labute approximate surface area is 271 Å². The van der Waals surface area contributed by atoms with Gasteiger partial charge in [-0.05, 0) is 41.5 Å². The van der Waals surface area contributed by atoms with Crippen molar-refractivity contribution < 1.29 is 38.7 Å². The minimum absolute atomic E-state index is 0.0300. The lowest BCUT2D eigenvalue weighted by atomic mass is 9.88. The number of ether oxygens (including phenoxy) is 4. The van der Waals surface area contributed by atoms with Crippen LogP contribution in [0.4, 0.5) is 4.79 Å². The summed E-state index contributed by atoms with van der Waals surface area (Å²) in [4.78, 5) is 26.6. The summed E-state index contributed by atoms with van der Waals surface area (Å²) in [6.45, 7) is 1.98. The Balaban J connectivity index is 1.40. The zero-order chi connectivity index (χ0) is 32.6. The molecule has 0 spiro atoms. The summed E-state index contributed by atoms with van der Waals surface area (Å²) < 4.78 is 21.0. The van der Waals surface area contributed by atoms with E-state index in [0.717, 1.165) is 22.3 Å². The molecule has 0 saturated carbocycles. The van der Waals surface area contributed by atoms with Gasteiger partial charge in [-0.2, -0.15) is 0 Å². The first-order valence-electron chi connectivity index (χ1n) is 15.8. The maximum atomic E-state index is 13.8. The zero-order valence-electron chi connectivity index (χ0n) is 26.4. The average molecular weight is 635 g/mol.